The molecule has 0 aliphatic heterocycles. The number of nitrogens with one attached hydrogen (secondary N) is 1. The molecule has 0 aliphatic carbocycles. The van der Waals surface area contributed by atoms with Crippen molar-refractivity contribution in [3.05, 3.63) is 21.9 Å². The number of nitrogens with two attached hydrogens (primary N) is 1. The van der Waals surface area contributed by atoms with Gasteiger partial charge >= 0.3 is 0 Å². The quantitative estimate of drug-likeness (QED) is 0.817. The Morgan fingerprint density at radius 2 is 2.44 bits per heavy atom. The summed E-state index contributed by atoms with van der Waals surface area (Å²) in [6, 6.07) is 1.67. The van der Waals surface area contributed by atoms with Gasteiger partial charge in [0.25, 0.3) is 0 Å². The lowest BCUT2D eigenvalue weighted by molar-refractivity contribution is -0.122. The van der Waals surface area contributed by atoms with Crippen LogP contribution in [0.3, 0.4) is 0 Å². The van der Waals surface area contributed by atoms with Crippen molar-refractivity contribution in [1.29, 1.82) is 0 Å². The third-order valence-corrected chi connectivity index (χ3v) is 4.03. The van der Waals surface area contributed by atoms with Crippen molar-refractivity contribution in [2.45, 2.75) is 25.9 Å². The second-order valence-corrected chi connectivity index (χ2v) is 5.62. The molecule has 5 heteroatoms. The highest BCUT2D eigenvalue weighted by Crippen LogP contribution is 2.14. The first-order valence-electron chi connectivity index (χ1n) is 5.20. The summed E-state index contributed by atoms with van der Waals surface area (Å²) in [5, 5.41) is 4.90. The highest BCUT2D eigenvalue weighted by molar-refractivity contribution is 7.98. The van der Waals surface area contributed by atoms with E-state index in [0.717, 1.165) is 12.2 Å². The van der Waals surface area contributed by atoms with E-state index in [-0.39, 0.29) is 11.9 Å². The zero-order valence-corrected chi connectivity index (χ0v) is 11.3. The van der Waals surface area contributed by atoms with Gasteiger partial charge in [-0.15, -0.1) is 11.3 Å². The van der Waals surface area contributed by atoms with Gasteiger partial charge in [-0.1, -0.05) is 0 Å². The number of amides is 1. The summed E-state index contributed by atoms with van der Waals surface area (Å²) >= 11 is 3.37. The second kappa shape index (κ2) is 6.93. The summed E-state index contributed by atoms with van der Waals surface area (Å²) in [6.07, 6.45) is 2.75. The molecular formula is C11H18N2OS2. The van der Waals surface area contributed by atoms with E-state index in [9.17, 15) is 4.79 Å². The number of thioether (sulfide) groups is 1. The SMILES string of the molecule is CSCC[C@@H](N)C(=O)NCc1sccc1C. The Labute approximate surface area is 105 Å². The maximum absolute atomic E-state index is 11.6. The summed E-state index contributed by atoms with van der Waals surface area (Å²) in [6.45, 7) is 2.64. The number of hydrogen-bond acceptors (Lipinski definition) is 4. The van der Waals surface area contributed by atoms with E-state index < -0.39 is 0 Å². The maximum Gasteiger partial charge on any atom is 0.237 e. The van der Waals surface area contributed by atoms with Crippen LogP contribution >= 0.6 is 23.1 Å². The molecule has 0 aliphatic rings. The van der Waals surface area contributed by atoms with E-state index in [4.69, 9.17) is 5.73 Å². The van der Waals surface area contributed by atoms with Gasteiger partial charge in [0, 0.05) is 4.88 Å². The molecule has 1 atom stereocenters. The van der Waals surface area contributed by atoms with Gasteiger partial charge in [0.15, 0.2) is 0 Å². The van der Waals surface area contributed by atoms with Crippen molar-refractivity contribution in [2.75, 3.05) is 12.0 Å². The van der Waals surface area contributed by atoms with Gasteiger partial charge in [-0.2, -0.15) is 11.8 Å². The Balaban J connectivity index is 2.32. The summed E-state index contributed by atoms with van der Waals surface area (Å²) in [7, 11) is 0. The number of carbonyl (C=O) groups excluding carboxylic acids is 1. The minimum atomic E-state index is -0.382. The fourth-order valence-electron chi connectivity index (χ4n) is 1.26. The van der Waals surface area contributed by atoms with E-state index >= 15 is 0 Å². The molecule has 16 heavy (non-hydrogen) atoms. The minimum Gasteiger partial charge on any atom is -0.350 e. The van der Waals surface area contributed by atoms with Crippen molar-refractivity contribution < 1.29 is 4.79 Å². The Morgan fingerprint density at radius 1 is 1.69 bits per heavy atom. The van der Waals surface area contributed by atoms with Gasteiger partial charge in [0.2, 0.25) is 5.91 Å². The Kier molecular flexibility index (Phi) is 5.87. The monoisotopic (exact) mass is 258 g/mol. The van der Waals surface area contributed by atoms with Crippen molar-refractivity contribution in [1.82, 2.24) is 5.32 Å². The Morgan fingerprint density at radius 3 is 3.00 bits per heavy atom. The highest BCUT2D eigenvalue weighted by atomic mass is 32.2. The molecule has 0 saturated carbocycles. The van der Waals surface area contributed by atoms with E-state index in [1.54, 1.807) is 23.1 Å². The molecule has 0 unspecified atom stereocenters. The molecule has 1 aromatic heterocycles. The third-order valence-electron chi connectivity index (χ3n) is 2.36. The zero-order chi connectivity index (χ0) is 12.0. The molecule has 0 aromatic carbocycles. The molecule has 0 spiro atoms. The topological polar surface area (TPSA) is 55.1 Å². The average molecular weight is 258 g/mol. The lowest BCUT2D eigenvalue weighted by atomic mass is 10.2. The molecule has 0 radical (unpaired) electrons. The summed E-state index contributed by atoms with van der Waals surface area (Å²) in [5.74, 6) is 0.869. The fraction of sp³-hybridized carbons (Fsp3) is 0.545. The summed E-state index contributed by atoms with van der Waals surface area (Å²) in [4.78, 5) is 12.8. The molecule has 3 N–H and O–H groups in total. The highest BCUT2D eigenvalue weighted by Gasteiger charge is 2.12. The predicted molar refractivity (Wildman–Crippen MR) is 71.9 cm³/mol. The molecule has 1 heterocycles. The van der Waals surface area contributed by atoms with Crippen molar-refractivity contribution in [3.63, 3.8) is 0 Å². The van der Waals surface area contributed by atoms with Crippen LogP contribution in [0.15, 0.2) is 11.4 Å². The first kappa shape index (κ1) is 13.5. The van der Waals surface area contributed by atoms with Gasteiger partial charge in [-0.05, 0) is 42.4 Å². The molecule has 0 saturated heterocycles. The van der Waals surface area contributed by atoms with Crippen molar-refractivity contribution in [2.24, 2.45) is 5.73 Å². The fourth-order valence-corrected chi connectivity index (χ4v) is 2.60. The van der Waals surface area contributed by atoms with Crippen LogP contribution in [-0.2, 0) is 11.3 Å². The summed E-state index contributed by atoms with van der Waals surface area (Å²) < 4.78 is 0. The van der Waals surface area contributed by atoms with Gasteiger partial charge in [0.05, 0.1) is 12.6 Å². The number of thiophene rings is 1. The number of carbonyl (C=O) groups is 1. The standard InChI is InChI=1S/C11H18N2OS2/c1-8-3-6-16-10(8)7-13-11(14)9(12)4-5-15-2/h3,6,9H,4-5,7,12H2,1-2H3,(H,13,14)/t9-/m1/s1. The van der Waals surface area contributed by atoms with Crippen molar-refractivity contribution >= 4 is 29.0 Å². The second-order valence-electron chi connectivity index (χ2n) is 3.63. The zero-order valence-electron chi connectivity index (χ0n) is 9.66. The van der Waals surface area contributed by atoms with Crippen LogP contribution in [0.5, 0.6) is 0 Å². The molecule has 1 aromatic rings. The van der Waals surface area contributed by atoms with Crippen LogP contribution in [0.4, 0.5) is 0 Å². The molecule has 0 bridgehead atoms. The maximum atomic E-state index is 11.6. The predicted octanol–water partition coefficient (Wildman–Crippen LogP) is 1.75. The first-order valence-corrected chi connectivity index (χ1v) is 7.47. The van der Waals surface area contributed by atoms with E-state index in [2.05, 4.69) is 11.4 Å². The van der Waals surface area contributed by atoms with Crippen LogP contribution in [0.2, 0.25) is 0 Å². The largest absolute Gasteiger partial charge is 0.350 e. The summed E-state index contributed by atoms with van der Waals surface area (Å²) in [5.41, 5.74) is 6.98. The molecule has 1 rings (SSSR count). The number of hydrogen-bond donors (Lipinski definition) is 2. The molecule has 90 valence electrons. The molecule has 3 nitrogen and oxygen atoms in total. The lowest BCUT2D eigenvalue weighted by Gasteiger charge is -2.11. The number of rotatable bonds is 6. The third kappa shape index (κ3) is 4.15. The van der Waals surface area contributed by atoms with Crippen molar-refractivity contribution in [3.8, 4) is 0 Å². The van der Waals surface area contributed by atoms with Gasteiger partial charge in [-0.25, -0.2) is 0 Å². The number of aryl methyl sites for hydroxylation is 1. The Bertz CT molecular complexity index is 338. The van der Waals surface area contributed by atoms with Gasteiger partial charge < -0.3 is 11.1 Å². The smallest absolute Gasteiger partial charge is 0.237 e. The van der Waals surface area contributed by atoms with E-state index in [1.165, 1.54) is 10.4 Å². The van der Waals surface area contributed by atoms with Gasteiger partial charge in [-0.3, -0.25) is 4.79 Å². The average Bonchev–Trinajstić information content (AvgIpc) is 2.68. The molecule has 1 amide bonds. The van der Waals surface area contributed by atoms with E-state index in [0.29, 0.717) is 6.54 Å². The molecular weight excluding hydrogens is 240 g/mol. The van der Waals surface area contributed by atoms with Crippen LogP contribution in [0.1, 0.15) is 16.9 Å². The minimum absolute atomic E-state index is 0.0538. The molecule has 0 fully saturated rings. The first-order chi connectivity index (χ1) is 7.65. The van der Waals surface area contributed by atoms with Gasteiger partial charge in [0.1, 0.15) is 0 Å². The lowest BCUT2D eigenvalue weighted by Crippen LogP contribution is -2.40. The van der Waals surface area contributed by atoms with Crippen LogP contribution in [-0.4, -0.2) is 24.0 Å². The van der Waals surface area contributed by atoms with Crippen LogP contribution in [0, 0.1) is 6.92 Å². The van der Waals surface area contributed by atoms with Crippen LogP contribution < -0.4 is 11.1 Å². The van der Waals surface area contributed by atoms with E-state index in [1.807, 2.05) is 18.6 Å². The van der Waals surface area contributed by atoms with Crippen LogP contribution in [0.25, 0.3) is 0 Å². The Hall–Kier alpha value is -0.520. The normalized spacial score (nSPS) is 12.4.